The number of para-hydroxylation sites is 2. The maximum absolute atomic E-state index is 6.10. The third kappa shape index (κ3) is 7.33. The average molecular weight is 567 g/mol. The number of aromatic nitrogens is 2. The number of guanidine groups is 1. The van der Waals surface area contributed by atoms with Gasteiger partial charge in [0.2, 0.25) is 5.88 Å². The number of aryl methyl sites for hydroxylation is 2. The van der Waals surface area contributed by atoms with Crippen LogP contribution in [0, 0.1) is 13.8 Å². The van der Waals surface area contributed by atoms with Crippen LogP contribution in [0.25, 0.3) is 0 Å². The van der Waals surface area contributed by atoms with Crippen molar-refractivity contribution in [2.45, 2.75) is 40.3 Å². The average Bonchev–Trinajstić information content (AvgIpc) is 3.11. The van der Waals surface area contributed by atoms with Gasteiger partial charge in [0.1, 0.15) is 5.01 Å². The Bertz CT molecular complexity index is 1010. The molecule has 7 nitrogen and oxygen atoms in total. The summed E-state index contributed by atoms with van der Waals surface area (Å²) in [4.78, 5) is 14.5. The van der Waals surface area contributed by atoms with Gasteiger partial charge in [-0.1, -0.05) is 25.1 Å². The van der Waals surface area contributed by atoms with Gasteiger partial charge in [0.25, 0.3) is 0 Å². The fourth-order valence-corrected chi connectivity index (χ4v) is 3.67. The molecule has 1 aromatic carbocycles. The van der Waals surface area contributed by atoms with Crippen molar-refractivity contribution < 1.29 is 9.47 Å². The van der Waals surface area contributed by atoms with Gasteiger partial charge in [-0.05, 0) is 38.5 Å². The second-order valence-corrected chi connectivity index (χ2v) is 8.18. The van der Waals surface area contributed by atoms with Crippen LogP contribution in [0.3, 0.4) is 0 Å². The second kappa shape index (κ2) is 13.2. The van der Waals surface area contributed by atoms with Crippen molar-refractivity contribution in [1.82, 2.24) is 20.6 Å². The molecule has 3 aromatic rings. The molecular weight excluding hydrogens is 537 g/mol. The van der Waals surface area contributed by atoms with E-state index in [0.717, 1.165) is 22.7 Å². The van der Waals surface area contributed by atoms with Gasteiger partial charge in [-0.25, -0.2) is 9.97 Å². The van der Waals surface area contributed by atoms with Crippen molar-refractivity contribution in [3.05, 3.63) is 63.7 Å². The van der Waals surface area contributed by atoms with Gasteiger partial charge in [0.15, 0.2) is 17.5 Å². The highest BCUT2D eigenvalue weighted by molar-refractivity contribution is 14.0. The molecular formula is C23H30IN5O2S. The van der Waals surface area contributed by atoms with Crippen LogP contribution < -0.4 is 20.1 Å². The zero-order valence-corrected chi connectivity index (χ0v) is 22.0. The molecule has 9 heteroatoms. The van der Waals surface area contributed by atoms with Gasteiger partial charge in [-0.3, -0.25) is 4.99 Å². The van der Waals surface area contributed by atoms with E-state index in [4.69, 9.17) is 9.47 Å². The van der Waals surface area contributed by atoms with Crippen molar-refractivity contribution in [2.75, 3.05) is 13.7 Å². The highest BCUT2D eigenvalue weighted by atomic mass is 127. The Labute approximate surface area is 210 Å². The highest BCUT2D eigenvalue weighted by Crippen LogP contribution is 2.31. The minimum absolute atomic E-state index is 0. The highest BCUT2D eigenvalue weighted by Gasteiger charge is 2.11. The van der Waals surface area contributed by atoms with Crippen molar-refractivity contribution in [2.24, 2.45) is 4.99 Å². The Morgan fingerprint density at radius 3 is 2.50 bits per heavy atom. The predicted molar refractivity (Wildman–Crippen MR) is 141 cm³/mol. The molecule has 0 bridgehead atoms. The largest absolute Gasteiger partial charge is 0.490 e. The lowest BCUT2D eigenvalue weighted by Crippen LogP contribution is -2.36. The van der Waals surface area contributed by atoms with Crippen molar-refractivity contribution >= 4 is 41.3 Å². The summed E-state index contributed by atoms with van der Waals surface area (Å²) in [6.45, 7) is 7.95. The Hall–Kier alpha value is -2.40. The lowest BCUT2D eigenvalue weighted by Gasteiger charge is -2.15. The van der Waals surface area contributed by atoms with E-state index in [2.05, 4.69) is 39.4 Å². The van der Waals surface area contributed by atoms with Gasteiger partial charge in [-0.2, -0.15) is 0 Å². The fourth-order valence-electron chi connectivity index (χ4n) is 2.79. The van der Waals surface area contributed by atoms with Crippen LogP contribution in [0.15, 0.2) is 47.6 Å². The maximum atomic E-state index is 6.10. The minimum Gasteiger partial charge on any atom is -0.490 e. The summed E-state index contributed by atoms with van der Waals surface area (Å²) in [6.07, 6.45) is 2.65. The Kier molecular flexibility index (Phi) is 10.7. The quantitative estimate of drug-likeness (QED) is 0.210. The van der Waals surface area contributed by atoms with Gasteiger partial charge >= 0.3 is 0 Å². The maximum Gasteiger partial charge on any atom is 0.224 e. The molecule has 0 aliphatic rings. The number of nitrogens with zero attached hydrogens (tertiary/aromatic N) is 3. The lowest BCUT2D eigenvalue weighted by molar-refractivity contribution is 0.300. The van der Waals surface area contributed by atoms with Crippen LogP contribution in [0.2, 0.25) is 0 Å². The Balaban J connectivity index is 0.00000363. The first-order valence-corrected chi connectivity index (χ1v) is 11.1. The first-order valence-electron chi connectivity index (χ1n) is 10.3. The molecule has 0 radical (unpaired) electrons. The molecule has 172 valence electrons. The molecule has 0 aliphatic carbocycles. The molecule has 32 heavy (non-hydrogen) atoms. The number of rotatable bonds is 9. The molecule has 2 heterocycles. The number of hydrogen-bond donors (Lipinski definition) is 2. The van der Waals surface area contributed by atoms with E-state index in [0.29, 0.717) is 43.0 Å². The monoisotopic (exact) mass is 567 g/mol. The molecule has 2 N–H and O–H groups in total. The standard InChI is InChI=1S/C23H29N5O2S.HI/c1-5-13-29-19-10-6-7-11-20(19)30-22-18(9-8-12-25-22)14-26-23(24-4)27-15-21-28-16(2)17(3)31-21;/h6-12H,5,13-15H2,1-4H3,(H2,24,26,27);1H. The van der Waals surface area contributed by atoms with Crippen molar-refractivity contribution in [3.8, 4) is 17.4 Å². The Morgan fingerprint density at radius 2 is 1.81 bits per heavy atom. The predicted octanol–water partition coefficient (Wildman–Crippen LogP) is 5.22. The smallest absolute Gasteiger partial charge is 0.224 e. The molecule has 0 spiro atoms. The first-order chi connectivity index (χ1) is 15.1. The fraction of sp³-hybridized carbons (Fsp3) is 0.348. The topological polar surface area (TPSA) is 80.7 Å². The van der Waals surface area contributed by atoms with Gasteiger partial charge < -0.3 is 20.1 Å². The van der Waals surface area contributed by atoms with Crippen molar-refractivity contribution in [3.63, 3.8) is 0 Å². The number of aliphatic imine (C=N–C) groups is 1. The molecule has 3 rings (SSSR count). The minimum atomic E-state index is 0. The molecule has 0 saturated carbocycles. The van der Waals surface area contributed by atoms with E-state index in [-0.39, 0.29) is 24.0 Å². The molecule has 2 aromatic heterocycles. The van der Waals surface area contributed by atoms with Crippen LogP contribution in [0.4, 0.5) is 0 Å². The molecule has 0 amide bonds. The summed E-state index contributed by atoms with van der Waals surface area (Å²) in [5.41, 5.74) is 1.99. The van der Waals surface area contributed by atoms with Gasteiger partial charge in [0.05, 0.1) is 18.8 Å². The van der Waals surface area contributed by atoms with E-state index in [1.807, 2.05) is 43.3 Å². The SMILES string of the molecule is CCCOc1ccccc1Oc1ncccc1CNC(=NC)NCc1nc(C)c(C)s1.I. The van der Waals surface area contributed by atoms with Crippen molar-refractivity contribution in [1.29, 1.82) is 0 Å². The lowest BCUT2D eigenvalue weighted by atomic mass is 10.2. The third-order valence-electron chi connectivity index (χ3n) is 4.52. The van der Waals surface area contributed by atoms with Crippen LogP contribution in [0.1, 0.15) is 34.5 Å². The number of thiazole rings is 1. The summed E-state index contributed by atoms with van der Waals surface area (Å²) in [7, 11) is 1.75. The van der Waals surface area contributed by atoms with E-state index in [1.54, 1.807) is 24.6 Å². The number of ether oxygens (including phenoxy) is 2. The summed E-state index contributed by atoms with van der Waals surface area (Å²) in [5.74, 6) is 2.57. The van der Waals surface area contributed by atoms with Gasteiger partial charge in [-0.15, -0.1) is 35.3 Å². The van der Waals surface area contributed by atoms with E-state index < -0.39 is 0 Å². The van der Waals surface area contributed by atoms with Crippen LogP contribution in [-0.4, -0.2) is 29.6 Å². The molecule has 0 fully saturated rings. The van der Waals surface area contributed by atoms with Crippen LogP contribution >= 0.6 is 35.3 Å². The number of nitrogens with one attached hydrogen (secondary N) is 2. The van der Waals surface area contributed by atoms with E-state index in [9.17, 15) is 0 Å². The summed E-state index contributed by atoms with van der Waals surface area (Å²) >= 11 is 1.69. The van der Waals surface area contributed by atoms with E-state index in [1.165, 1.54) is 4.88 Å². The number of halogens is 1. The van der Waals surface area contributed by atoms with Gasteiger partial charge in [0, 0.05) is 30.2 Å². The molecule has 0 atom stereocenters. The molecule has 0 aliphatic heterocycles. The second-order valence-electron chi connectivity index (χ2n) is 6.89. The zero-order valence-electron chi connectivity index (χ0n) is 18.8. The summed E-state index contributed by atoms with van der Waals surface area (Å²) in [6, 6.07) is 11.5. The number of hydrogen-bond acceptors (Lipinski definition) is 6. The zero-order chi connectivity index (χ0) is 22.1. The van der Waals surface area contributed by atoms with Crippen LogP contribution in [-0.2, 0) is 13.1 Å². The third-order valence-corrected chi connectivity index (χ3v) is 5.59. The summed E-state index contributed by atoms with van der Waals surface area (Å²) in [5, 5.41) is 7.65. The van der Waals surface area contributed by atoms with Crippen LogP contribution in [0.5, 0.6) is 17.4 Å². The Morgan fingerprint density at radius 1 is 1.06 bits per heavy atom. The molecule has 0 saturated heterocycles. The molecule has 0 unspecified atom stereocenters. The van der Waals surface area contributed by atoms with E-state index >= 15 is 0 Å². The summed E-state index contributed by atoms with van der Waals surface area (Å²) < 4.78 is 11.9. The first kappa shape index (κ1) is 25.9. The normalized spacial score (nSPS) is 10.9. The number of pyridine rings is 1. The number of benzene rings is 1.